The van der Waals surface area contributed by atoms with E-state index in [-0.39, 0.29) is 29.2 Å². The van der Waals surface area contributed by atoms with Crippen LogP contribution in [-0.4, -0.2) is 63.8 Å². The Morgan fingerprint density at radius 1 is 1.00 bits per heavy atom. The first-order chi connectivity index (χ1) is 10.2. The molecule has 116 valence electrons. The van der Waals surface area contributed by atoms with Crippen LogP contribution < -0.4 is 4.87 Å². The highest BCUT2D eigenvalue weighted by Gasteiger charge is 2.28. The van der Waals surface area contributed by atoms with E-state index in [9.17, 15) is 20.1 Å². The summed E-state index contributed by atoms with van der Waals surface area (Å²) in [6.45, 7) is 1.32. The topological polar surface area (TPSA) is 82.7 Å². The molecule has 0 atom stereocenters. The first kappa shape index (κ1) is 16.1. The van der Waals surface area contributed by atoms with Crippen molar-refractivity contribution in [3.8, 4) is 0 Å². The number of rotatable bonds is 8. The van der Waals surface area contributed by atoms with Crippen molar-refractivity contribution in [2.75, 3.05) is 39.5 Å². The minimum absolute atomic E-state index is 0.0587. The maximum absolute atomic E-state index is 12.2. The molecule has 0 amide bonds. The van der Waals surface area contributed by atoms with Crippen LogP contribution >= 0.6 is 11.3 Å². The quantitative estimate of drug-likeness (QED) is 0.590. The molecule has 0 fully saturated rings. The fourth-order valence-electron chi connectivity index (χ4n) is 2.63. The third-order valence-corrected chi connectivity index (χ3v) is 4.70. The van der Waals surface area contributed by atoms with Crippen molar-refractivity contribution in [2.45, 2.75) is 6.67 Å². The lowest BCUT2D eigenvalue weighted by Gasteiger charge is -2.37. The van der Waals surface area contributed by atoms with Crippen LogP contribution in [-0.2, 0) is 6.67 Å². The average Bonchev–Trinajstić information content (AvgIpc) is 2.76. The van der Waals surface area contributed by atoms with E-state index in [4.69, 9.17) is 0 Å². The van der Waals surface area contributed by atoms with E-state index in [1.807, 2.05) is 24.3 Å². The molecule has 7 heteroatoms. The Labute approximate surface area is 126 Å². The summed E-state index contributed by atoms with van der Waals surface area (Å²) in [6.07, 6.45) is 0. The number of hydrogen-bond acceptors (Lipinski definition) is 5. The highest BCUT2D eigenvalue weighted by molar-refractivity contribution is 7.16. The number of thiazole rings is 1. The third-order valence-electron chi connectivity index (χ3n) is 3.74. The summed E-state index contributed by atoms with van der Waals surface area (Å²) in [5.41, 5.74) is 0.851. The van der Waals surface area contributed by atoms with Crippen molar-refractivity contribution in [3.63, 3.8) is 0 Å². The smallest absolute Gasteiger partial charge is 0.312 e. The van der Waals surface area contributed by atoms with E-state index in [2.05, 4.69) is 0 Å². The predicted octanol–water partition coefficient (Wildman–Crippen LogP) is -0.186. The summed E-state index contributed by atoms with van der Waals surface area (Å²) >= 11 is 1.18. The minimum Gasteiger partial charge on any atom is -0.391 e. The molecule has 0 radical (unpaired) electrons. The number of nitrogens with zero attached hydrogens (tertiary/aromatic N) is 2. The molecule has 0 unspecified atom stereocenters. The fraction of sp³-hybridized carbons (Fsp3) is 0.500. The van der Waals surface area contributed by atoms with Crippen LogP contribution in [0.2, 0.25) is 0 Å². The van der Waals surface area contributed by atoms with Gasteiger partial charge in [0.1, 0.15) is 19.6 Å². The summed E-state index contributed by atoms with van der Waals surface area (Å²) in [5.74, 6) is 0. The van der Waals surface area contributed by atoms with E-state index in [0.29, 0.717) is 26.3 Å². The van der Waals surface area contributed by atoms with Crippen molar-refractivity contribution in [1.82, 2.24) is 4.57 Å². The second-order valence-corrected chi connectivity index (χ2v) is 6.08. The van der Waals surface area contributed by atoms with Crippen LogP contribution in [0.15, 0.2) is 29.1 Å². The summed E-state index contributed by atoms with van der Waals surface area (Å²) in [7, 11) is 0. The third kappa shape index (κ3) is 3.50. The lowest BCUT2D eigenvalue weighted by Crippen LogP contribution is -2.54. The maximum atomic E-state index is 12.2. The van der Waals surface area contributed by atoms with Gasteiger partial charge in [0.05, 0.1) is 30.0 Å². The second kappa shape index (κ2) is 7.15. The lowest BCUT2D eigenvalue weighted by molar-refractivity contribution is -0.949. The van der Waals surface area contributed by atoms with Crippen LogP contribution in [0.1, 0.15) is 0 Å². The molecule has 0 saturated heterocycles. The van der Waals surface area contributed by atoms with Gasteiger partial charge in [-0.3, -0.25) is 9.36 Å². The zero-order valence-electron chi connectivity index (χ0n) is 11.8. The van der Waals surface area contributed by atoms with Gasteiger partial charge in [-0.05, 0) is 12.1 Å². The summed E-state index contributed by atoms with van der Waals surface area (Å²) in [5, 5.41) is 27.9. The van der Waals surface area contributed by atoms with Crippen molar-refractivity contribution in [2.24, 2.45) is 0 Å². The number of aromatic nitrogens is 1. The van der Waals surface area contributed by atoms with Gasteiger partial charge < -0.3 is 19.8 Å². The Kier molecular flexibility index (Phi) is 5.49. The first-order valence-electron chi connectivity index (χ1n) is 6.92. The molecule has 6 nitrogen and oxygen atoms in total. The Morgan fingerprint density at radius 3 is 2.14 bits per heavy atom. The number of quaternary nitrogens is 1. The SMILES string of the molecule is O=c1sc2ccccc2n1C[N+](CCO)(CCO)CCO. The molecule has 2 rings (SSSR count). The van der Waals surface area contributed by atoms with Gasteiger partial charge in [-0.2, -0.15) is 0 Å². The standard InChI is InChI=1S/C14H21N2O4S/c17-8-5-16(6-9-18,7-10-19)11-15-12-3-1-2-4-13(12)21-14(15)20/h1-4,17-19H,5-11H2/q+1. The molecule has 1 heterocycles. The Morgan fingerprint density at radius 2 is 1.57 bits per heavy atom. The van der Waals surface area contributed by atoms with Gasteiger partial charge in [0.2, 0.25) is 0 Å². The van der Waals surface area contributed by atoms with Gasteiger partial charge in [0.25, 0.3) is 0 Å². The van der Waals surface area contributed by atoms with E-state index in [0.717, 1.165) is 10.2 Å². The Bertz CT molecular complexity index is 620. The minimum atomic E-state index is -0.0625. The average molecular weight is 313 g/mol. The summed E-state index contributed by atoms with van der Waals surface area (Å²) < 4.78 is 2.86. The zero-order chi connectivity index (χ0) is 15.3. The summed E-state index contributed by atoms with van der Waals surface area (Å²) in [6, 6.07) is 7.55. The highest BCUT2D eigenvalue weighted by Crippen LogP contribution is 2.19. The Hall–Kier alpha value is -1.25. The molecule has 2 aromatic rings. The molecule has 21 heavy (non-hydrogen) atoms. The van der Waals surface area contributed by atoms with Gasteiger partial charge in [0.15, 0.2) is 6.67 Å². The van der Waals surface area contributed by atoms with Crippen LogP contribution in [0.25, 0.3) is 10.2 Å². The van der Waals surface area contributed by atoms with Crippen LogP contribution in [0.4, 0.5) is 0 Å². The first-order valence-corrected chi connectivity index (χ1v) is 7.73. The molecule has 0 aliphatic heterocycles. The predicted molar refractivity (Wildman–Crippen MR) is 82.2 cm³/mol. The summed E-state index contributed by atoms with van der Waals surface area (Å²) in [4.78, 5) is 12.2. The van der Waals surface area contributed by atoms with Crippen molar-refractivity contribution in [1.29, 1.82) is 0 Å². The molecule has 0 aliphatic carbocycles. The van der Waals surface area contributed by atoms with Gasteiger partial charge in [-0.15, -0.1) is 0 Å². The van der Waals surface area contributed by atoms with E-state index >= 15 is 0 Å². The molecule has 3 N–H and O–H groups in total. The Balaban J connectivity index is 2.42. The van der Waals surface area contributed by atoms with Crippen LogP contribution in [0.3, 0.4) is 0 Å². The van der Waals surface area contributed by atoms with Crippen LogP contribution in [0.5, 0.6) is 0 Å². The number of aliphatic hydroxyl groups is 3. The molecule has 0 saturated carbocycles. The molecular weight excluding hydrogens is 292 g/mol. The highest BCUT2D eigenvalue weighted by atomic mass is 32.1. The van der Waals surface area contributed by atoms with Crippen LogP contribution in [0, 0.1) is 0 Å². The number of fused-ring (bicyclic) bond motifs is 1. The number of para-hydroxylation sites is 1. The van der Waals surface area contributed by atoms with Crippen molar-refractivity contribution in [3.05, 3.63) is 33.9 Å². The zero-order valence-corrected chi connectivity index (χ0v) is 12.6. The molecule has 0 aliphatic rings. The number of hydrogen-bond donors (Lipinski definition) is 3. The van der Waals surface area contributed by atoms with E-state index in [1.54, 1.807) is 4.57 Å². The van der Waals surface area contributed by atoms with Crippen molar-refractivity contribution < 1.29 is 19.8 Å². The van der Waals surface area contributed by atoms with Gasteiger partial charge in [-0.25, -0.2) is 0 Å². The maximum Gasteiger partial charge on any atom is 0.312 e. The van der Waals surface area contributed by atoms with Crippen molar-refractivity contribution >= 4 is 21.6 Å². The lowest BCUT2D eigenvalue weighted by atomic mass is 10.3. The number of aliphatic hydroxyl groups excluding tert-OH is 3. The van der Waals surface area contributed by atoms with E-state index in [1.165, 1.54) is 11.3 Å². The fourth-order valence-corrected chi connectivity index (χ4v) is 3.52. The van der Waals surface area contributed by atoms with E-state index < -0.39 is 0 Å². The molecule has 0 bridgehead atoms. The molecular formula is C14H21N2O4S+. The van der Waals surface area contributed by atoms with Gasteiger partial charge in [0, 0.05) is 0 Å². The number of benzene rings is 1. The van der Waals surface area contributed by atoms with Gasteiger partial charge >= 0.3 is 4.87 Å². The molecule has 1 aromatic heterocycles. The monoisotopic (exact) mass is 313 g/mol. The largest absolute Gasteiger partial charge is 0.391 e. The van der Waals surface area contributed by atoms with Gasteiger partial charge in [-0.1, -0.05) is 23.5 Å². The molecule has 0 spiro atoms. The normalized spacial score (nSPS) is 12.1. The molecule has 1 aromatic carbocycles. The second-order valence-electron chi connectivity index (χ2n) is 5.09.